The molecule has 0 aromatic heterocycles. The fraction of sp³-hybridized carbons (Fsp3) is 0.300. The Morgan fingerprint density at radius 2 is 2.00 bits per heavy atom. The molecule has 0 saturated heterocycles. The summed E-state index contributed by atoms with van der Waals surface area (Å²) in [6.45, 7) is 1.42. The molecular formula is C10H11BrN2O3. The predicted octanol–water partition coefficient (Wildman–Crippen LogP) is 2.34. The Morgan fingerprint density at radius 1 is 1.31 bits per heavy atom. The number of nitro benzene ring substituents is 1. The van der Waals surface area contributed by atoms with Crippen LogP contribution in [0.3, 0.4) is 0 Å². The summed E-state index contributed by atoms with van der Waals surface area (Å²) in [6, 6.07) is 6.22. The monoisotopic (exact) mass is 286 g/mol. The molecule has 86 valence electrons. The number of non-ortho nitro benzene ring substituents is 1. The number of hydrogen-bond acceptors (Lipinski definition) is 4. The molecule has 5 nitrogen and oxygen atoms in total. The second-order valence-electron chi connectivity index (χ2n) is 3.19. The molecule has 0 saturated carbocycles. The van der Waals surface area contributed by atoms with E-state index in [0.717, 1.165) is 18.5 Å². The van der Waals surface area contributed by atoms with Gasteiger partial charge in [-0.2, -0.15) is 0 Å². The first-order valence-electron chi connectivity index (χ1n) is 4.69. The van der Waals surface area contributed by atoms with Crippen LogP contribution in [0.2, 0.25) is 0 Å². The number of benzene rings is 1. The molecule has 1 heterocycles. The van der Waals surface area contributed by atoms with Crippen molar-refractivity contribution in [1.82, 2.24) is 0 Å². The number of halogens is 1. The maximum Gasteiger partial charge on any atom is 0.269 e. The van der Waals surface area contributed by atoms with E-state index < -0.39 is 4.92 Å². The summed E-state index contributed by atoms with van der Waals surface area (Å²) >= 11 is 0. The van der Waals surface area contributed by atoms with Gasteiger partial charge in [-0.15, -0.1) is 17.0 Å². The standard InChI is InChI=1S/C10H10N2O3.BrH/c13-12(14)9-4-2-8(3-5-9)10-11-6-1-7-15-10;/h2-5H,1,6-7H2;1H. The molecule has 1 aliphatic heterocycles. The Morgan fingerprint density at radius 3 is 2.50 bits per heavy atom. The fourth-order valence-electron chi connectivity index (χ4n) is 1.36. The van der Waals surface area contributed by atoms with E-state index in [1.807, 2.05) is 0 Å². The quantitative estimate of drug-likeness (QED) is 0.619. The van der Waals surface area contributed by atoms with Gasteiger partial charge in [0, 0.05) is 30.7 Å². The van der Waals surface area contributed by atoms with Gasteiger partial charge in [0.25, 0.3) is 5.69 Å². The van der Waals surface area contributed by atoms with Crippen LogP contribution in [-0.4, -0.2) is 24.0 Å². The molecule has 6 heteroatoms. The van der Waals surface area contributed by atoms with Crippen molar-refractivity contribution in [2.24, 2.45) is 4.99 Å². The minimum atomic E-state index is -0.423. The van der Waals surface area contributed by atoms with Crippen molar-refractivity contribution in [2.75, 3.05) is 13.2 Å². The van der Waals surface area contributed by atoms with Crippen molar-refractivity contribution in [2.45, 2.75) is 6.42 Å². The van der Waals surface area contributed by atoms with Crippen LogP contribution in [0.5, 0.6) is 0 Å². The molecule has 1 aromatic carbocycles. The predicted molar refractivity (Wildman–Crippen MR) is 65.4 cm³/mol. The van der Waals surface area contributed by atoms with E-state index in [9.17, 15) is 10.1 Å². The van der Waals surface area contributed by atoms with Gasteiger partial charge >= 0.3 is 0 Å². The second kappa shape index (κ2) is 5.60. The normalized spacial score (nSPS) is 14.4. The van der Waals surface area contributed by atoms with Crippen molar-refractivity contribution >= 4 is 28.6 Å². The molecule has 0 spiro atoms. The van der Waals surface area contributed by atoms with Gasteiger partial charge in [-0.05, 0) is 12.1 Å². The number of rotatable bonds is 2. The summed E-state index contributed by atoms with van der Waals surface area (Å²) in [4.78, 5) is 14.2. The molecule has 0 amide bonds. The molecule has 0 fully saturated rings. The van der Waals surface area contributed by atoms with E-state index in [1.54, 1.807) is 12.1 Å². The fourth-order valence-corrected chi connectivity index (χ4v) is 1.36. The number of ether oxygens (including phenoxy) is 1. The maximum absolute atomic E-state index is 10.4. The minimum Gasteiger partial charge on any atom is -0.477 e. The third kappa shape index (κ3) is 2.79. The number of nitrogens with zero attached hydrogens (tertiary/aromatic N) is 2. The lowest BCUT2D eigenvalue weighted by atomic mass is 10.2. The lowest BCUT2D eigenvalue weighted by Gasteiger charge is -2.13. The molecule has 0 aliphatic carbocycles. The molecule has 2 rings (SSSR count). The smallest absolute Gasteiger partial charge is 0.269 e. The van der Waals surface area contributed by atoms with Crippen molar-refractivity contribution < 1.29 is 9.66 Å². The van der Waals surface area contributed by atoms with Crippen LogP contribution in [-0.2, 0) is 4.74 Å². The first-order chi connectivity index (χ1) is 7.27. The van der Waals surface area contributed by atoms with Crippen LogP contribution < -0.4 is 0 Å². The molecule has 16 heavy (non-hydrogen) atoms. The van der Waals surface area contributed by atoms with Crippen molar-refractivity contribution in [3.05, 3.63) is 39.9 Å². The van der Waals surface area contributed by atoms with E-state index in [1.165, 1.54) is 12.1 Å². The second-order valence-corrected chi connectivity index (χ2v) is 3.19. The number of nitro groups is 1. The van der Waals surface area contributed by atoms with Gasteiger partial charge in [-0.1, -0.05) is 0 Å². The van der Waals surface area contributed by atoms with Crippen LogP contribution in [0.1, 0.15) is 12.0 Å². The largest absolute Gasteiger partial charge is 0.477 e. The molecule has 1 aliphatic rings. The van der Waals surface area contributed by atoms with E-state index in [2.05, 4.69) is 4.99 Å². The molecule has 0 radical (unpaired) electrons. The van der Waals surface area contributed by atoms with Gasteiger partial charge in [0.05, 0.1) is 11.5 Å². The first kappa shape index (κ1) is 12.6. The lowest BCUT2D eigenvalue weighted by molar-refractivity contribution is -0.384. The third-order valence-corrected chi connectivity index (χ3v) is 2.12. The van der Waals surface area contributed by atoms with Gasteiger partial charge < -0.3 is 4.74 Å². The Balaban J connectivity index is 0.00000128. The average molecular weight is 287 g/mol. The van der Waals surface area contributed by atoms with Gasteiger partial charge in [0.2, 0.25) is 5.90 Å². The summed E-state index contributed by atoms with van der Waals surface area (Å²) in [6.07, 6.45) is 0.927. The van der Waals surface area contributed by atoms with Crippen LogP contribution >= 0.6 is 17.0 Å². The van der Waals surface area contributed by atoms with Crippen molar-refractivity contribution in [3.63, 3.8) is 0 Å². The van der Waals surface area contributed by atoms with Gasteiger partial charge in [-0.3, -0.25) is 15.1 Å². The Hall–Kier alpha value is -1.43. The lowest BCUT2D eigenvalue weighted by Crippen LogP contribution is -2.14. The van der Waals surface area contributed by atoms with E-state index in [4.69, 9.17) is 4.74 Å². The third-order valence-electron chi connectivity index (χ3n) is 2.12. The molecule has 0 atom stereocenters. The topological polar surface area (TPSA) is 64.7 Å². The molecular weight excluding hydrogens is 276 g/mol. The molecule has 1 aromatic rings. The Bertz CT molecular complexity index is 403. The van der Waals surface area contributed by atoms with Crippen LogP contribution in [0, 0.1) is 10.1 Å². The highest BCUT2D eigenvalue weighted by molar-refractivity contribution is 8.93. The number of aliphatic imine (C=N–C) groups is 1. The zero-order chi connectivity index (χ0) is 10.7. The van der Waals surface area contributed by atoms with Gasteiger partial charge in [0.15, 0.2) is 0 Å². The summed E-state index contributed by atoms with van der Waals surface area (Å²) in [5.74, 6) is 0.580. The van der Waals surface area contributed by atoms with Crippen molar-refractivity contribution in [1.29, 1.82) is 0 Å². The van der Waals surface area contributed by atoms with Crippen LogP contribution in [0.4, 0.5) is 5.69 Å². The van der Waals surface area contributed by atoms with Gasteiger partial charge in [0.1, 0.15) is 0 Å². The zero-order valence-electron chi connectivity index (χ0n) is 8.46. The highest BCUT2D eigenvalue weighted by Gasteiger charge is 2.11. The summed E-state index contributed by atoms with van der Waals surface area (Å²) in [5.41, 5.74) is 0.871. The molecule has 0 N–H and O–H groups in total. The molecule has 0 unspecified atom stereocenters. The molecule has 0 bridgehead atoms. The Kier molecular flexibility index (Phi) is 4.42. The van der Waals surface area contributed by atoms with E-state index in [0.29, 0.717) is 12.5 Å². The highest BCUT2D eigenvalue weighted by Crippen LogP contribution is 2.14. The average Bonchev–Trinajstić information content (AvgIpc) is 2.30. The highest BCUT2D eigenvalue weighted by atomic mass is 79.9. The zero-order valence-corrected chi connectivity index (χ0v) is 10.2. The SMILES string of the molecule is Br.O=[N+]([O-])c1ccc(C2=NCCCO2)cc1. The van der Waals surface area contributed by atoms with Crippen LogP contribution in [0.25, 0.3) is 0 Å². The van der Waals surface area contributed by atoms with Gasteiger partial charge in [-0.25, -0.2) is 0 Å². The summed E-state index contributed by atoms with van der Waals surface area (Å²) in [7, 11) is 0. The first-order valence-corrected chi connectivity index (χ1v) is 4.69. The van der Waals surface area contributed by atoms with Crippen LogP contribution in [0.15, 0.2) is 29.3 Å². The summed E-state index contributed by atoms with van der Waals surface area (Å²) in [5, 5.41) is 10.4. The summed E-state index contributed by atoms with van der Waals surface area (Å²) < 4.78 is 5.34. The van der Waals surface area contributed by atoms with E-state index in [-0.39, 0.29) is 22.7 Å². The van der Waals surface area contributed by atoms with Crippen molar-refractivity contribution in [3.8, 4) is 0 Å². The minimum absolute atomic E-state index is 0. The van der Waals surface area contributed by atoms with E-state index >= 15 is 0 Å². The number of hydrogen-bond donors (Lipinski definition) is 0. The maximum atomic E-state index is 10.4. The Labute approximate surface area is 103 Å².